The summed E-state index contributed by atoms with van der Waals surface area (Å²) in [6, 6.07) is 8.51. The zero-order valence-electron chi connectivity index (χ0n) is 17.6. The predicted molar refractivity (Wildman–Crippen MR) is 116 cm³/mol. The van der Waals surface area contributed by atoms with Crippen LogP contribution in [0.15, 0.2) is 41.5 Å². The number of aliphatic imine (C=N–C) groups is 1. The first-order chi connectivity index (χ1) is 14.6. The van der Waals surface area contributed by atoms with Gasteiger partial charge in [-0.25, -0.2) is 4.39 Å². The fraction of sp³-hybridized carbons (Fsp3) is 0.318. The highest BCUT2D eigenvalue weighted by molar-refractivity contribution is 5.83. The summed E-state index contributed by atoms with van der Waals surface area (Å²) in [6.45, 7) is 1.13. The highest BCUT2D eigenvalue weighted by Crippen LogP contribution is 2.39. The molecule has 0 aliphatic carbocycles. The third-order valence-electron chi connectivity index (χ3n) is 4.87. The molecule has 0 radical (unpaired) electrons. The van der Waals surface area contributed by atoms with Gasteiger partial charge < -0.3 is 29.8 Å². The van der Waals surface area contributed by atoms with E-state index >= 15 is 0 Å². The molecule has 3 rings (SSSR count). The Balaban J connectivity index is 1.61. The molecule has 0 fully saturated rings. The molecular formula is C22H27FN4O3. The van der Waals surface area contributed by atoms with Gasteiger partial charge >= 0.3 is 0 Å². The molecular weight excluding hydrogens is 387 g/mol. The van der Waals surface area contributed by atoms with Gasteiger partial charge in [-0.3, -0.25) is 4.99 Å². The molecule has 3 N–H and O–H groups in total. The minimum atomic E-state index is -0.238. The van der Waals surface area contributed by atoms with Crippen LogP contribution in [0.5, 0.6) is 17.2 Å². The molecule has 0 amide bonds. The number of guanidine groups is 1. The van der Waals surface area contributed by atoms with Crippen molar-refractivity contribution >= 4 is 16.9 Å². The number of aromatic amines is 1. The number of methoxy groups -OCH3 is 3. The molecule has 0 bridgehead atoms. The monoisotopic (exact) mass is 414 g/mol. The molecule has 0 aliphatic heterocycles. The van der Waals surface area contributed by atoms with Crippen molar-refractivity contribution < 1.29 is 18.6 Å². The number of aromatic nitrogens is 1. The third-order valence-corrected chi connectivity index (χ3v) is 4.87. The van der Waals surface area contributed by atoms with Gasteiger partial charge in [-0.2, -0.15) is 0 Å². The van der Waals surface area contributed by atoms with Crippen molar-refractivity contribution in [2.24, 2.45) is 4.99 Å². The zero-order valence-corrected chi connectivity index (χ0v) is 17.6. The molecule has 0 atom stereocenters. The number of benzene rings is 2. The molecule has 8 heteroatoms. The number of rotatable bonds is 8. The van der Waals surface area contributed by atoms with Crippen LogP contribution < -0.4 is 24.8 Å². The maximum absolute atomic E-state index is 13.5. The Hall–Kier alpha value is -3.42. The summed E-state index contributed by atoms with van der Waals surface area (Å²) >= 11 is 0. The maximum atomic E-state index is 13.5. The lowest BCUT2D eigenvalue weighted by atomic mass is 10.1. The van der Waals surface area contributed by atoms with E-state index in [0.29, 0.717) is 36.3 Å². The Morgan fingerprint density at radius 3 is 2.50 bits per heavy atom. The number of halogens is 1. The molecule has 0 spiro atoms. The molecule has 0 saturated carbocycles. The number of nitrogens with one attached hydrogen (secondary N) is 3. The van der Waals surface area contributed by atoms with Crippen molar-refractivity contribution in [2.45, 2.75) is 13.0 Å². The van der Waals surface area contributed by atoms with Crippen LogP contribution in [0.1, 0.15) is 11.1 Å². The fourth-order valence-corrected chi connectivity index (χ4v) is 3.37. The van der Waals surface area contributed by atoms with E-state index in [9.17, 15) is 4.39 Å². The van der Waals surface area contributed by atoms with Crippen LogP contribution in [-0.4, -0.2) is 45.9 Å². The number of nitrogens with zero attached hydrogens (tertiary/aromatic N) is 1. The van der Waals surface area contributed by atoms with Crippen molar-refractivity contribution in [3.8, 4) is 17.2 Å². The van der Waals surface area contributed by atoms with Gasteiger partial charge in [0.15, 0.2) is 17.5 Å². The normalized spacial score (nSPS) is 11.4. The molecule has 2 aromatic carbocycles. The van der Waals surface area contributed by atoms with Crippen LogP contribution in [0.2, 0.25) is 0 Å². The summed E-state index contributed by atoms with van der Waals surface area (Å²) in [7, 11) is 6.47. The van der Waals surface area contributed by atoms with Crippen LogP contribution in [0, 0.1) is 5.82 Å². The molecule has 160 valence electrons. The van der Waals surface area contributed by atoms with E-state index in [1.807, 2.05) is 18.3 Å². The highest BCUT2D eigenvalue weighted by atomic mass is 19.1. The van der Waals surface area contributed by atoms with E-state index < -0.39 is 0 Å². The van der Waals surface area contributed by atoms with Gasteiger partial charge in [0.25, 0.3) is 0 Å². The quantitative estimate of drug-likeness (QED) is 0.390. The Bertz CT molecular complexity index is 1030. The number of fused-ring (bicyclic) bond motifs is 1. The van der Waals surface area contributed by atoms with Gasteiger partial charge in [0.05, 0.1) is 21.3 Å². The zero-order chi connectivity index (χ0) is 21.5. The minimum absolute atomic E-state index is 0.238. The van der Waals surface area contributed by atoms with Crippen molar-refractivity contribution in [2.75, 3.05) is 34.9 Å². The van der Waals surface area contributed by atoms with Gasteiger partial charge in [0, 0.05) is 42.8 Å². The van der Waals surface area contributed by atoms with Gasteiger partial charge in [-0.15, -0.1) is 0 Å². The summed E-state index contributed by atoms with van der Waals surface area (Å²) in [4.78, 5) is 7.43. The Morgan fingerprint density at radius 2 is 1.80 bits per heavy atom. The number of hydrogen-bond acceptors (Lipinski definition) is 4. The highest BCUT2D eigenvalue weighted by Gasteiger charge is 2.16. The lowest BCUT2D eigenvalue weighted by Crippen LogP contribution is -2.37. The van der Waals surface area contributed by atoms with Crippen LogP contribution >= 0.6 is 0 Å². The first-order valence-electron chi connectivity index (χ1n) is 9.59. The van der Waals surface area contributed by atoms with Crippen LogP contribution in [0.3, 0.4) is 0 Å². The van der Waals surface area contributed by atoms with Crippen molar-refractivity contribution in [1.82, 2.24) is 15.6 Å². The first-order valence-corrected chi connectivity index (χ1v) is 9.59. The lowest BCUT2D eigenvalue weighted by molar-refractivity contribution is 0.322. The molecule has 1 heterocycles. The second-order valence-electron chi connectivity index (χ2n) is 6.60. The molecule has 0 aliphatic rings. The molecule has 0 unspecified atom stereocenters. The van der Waals surface area contributed by atoms with E-state index in [1.165, 1.54) is 6.07 Å². The number of ether oxygens (including phenoxy) is 3. The second kappa shape index (κ2) is 9.87. The second-order valence-corrected chi connectivity index (χ2v) is 6.60. The maximum Gasteiger partial charge on any atom is 0.203 e. The van der Waals surface area contributed by atoms with Gasteiger partial charge in [0.2, 0.25) is 5.75 Å². The third kappa shape index (κ3) is 4.59. The van der Waals surface area contributed by atoms with Crippen LogP contribution in [0.4, 0.5) is 4.39 Å². The summed E-state index contributed by atoms with van der Waals surface area (Å²) in [5.41, 5.74) is 2.88. The Labute approximate surface area is 175 Å². The SMILES string of the molecule is CN=C(NCCc1c[nH]c2ccc(F)cc12)NCc1ccc(OC)c(OC)c1OC. The lowest BCUT2D eigenvalue weighted by Gasteiger charge is -2.17. The first kappa shape index (κ1) is 21.3. The topological polar surface area (TPSA) is 79.9 Å². The molecule has 30 heavy (non-hydrogen) atoms. The summed E-state index contributed by atoms with van der Waals surface area (Å²) in [5, 5.41) is 7.45. The van der Waals surface area contributed by atoms with Gasteiger partial charge in [0.1, 0.15) is 5.82 Å². The standard InChI is InChI=1S/C22H27FN4O3/c1-24-22(25-10-9-14-12-26-18-7-6-16(23)11-17(14)18)27-13-15-5-8-19(28-2)21(30-4)20(15)29-3/h5-8,11-12,26H,9-10,13H2,1-4H3,(H2,24,25,27). The van der Waals surface area contributed by atoms with E-state index in [0.717, 1.165) is 28.5 Å². The molecule has 3 aromatic rings. The smallest absolute Gasteiger partial charge is 0.203 e. The van der Waals surface area contributed by atoms with E-state index in [-0.39, 0.29) is 5.82 Å². The molecule has 7 nitrogen and oxygen atoms in total. The van der Waals surface area contributed by atoms with Crippen molar-refractivity contribution in [3.05, 3.63) is 53.5 Å². The van der Waals surface area contributed by atoms with Crippen molar-refractivity contribution in [1.29, 1.82) is 0 Å². The Kier molecular flexibility index (Phi) is 7.00. The largest absolute Gasteiger partial charge is 0.493 e. The van der Waals surface area contributed by atoms with Gasteiger partial charge in [-0.1, -0.05) is 0 Å². The fourth-order valence-electron chi connectivity index (χ4n) is 3.37. The predicted octanol–water partition coefficient (Wildman–Crippen LogP) is 3.24. The molecule has 0 saturated heterocycles. The summed E-state index contributed by atoms with van der Waals surface area (Å²) in [5.74, 6) is 2.18. The van der Waals surface area contributed by atoms with E-state index in [2.05, 4.69) is 20.6 Å². The summed E-state index contributed by atoms with van der Waals surface area (Å²) in [6.07, 6.45) is 2.64. The Morgan fingerprint density at radius 1 is 1.00 bits per heavy atom. The van der Waals surface area contributed by atoms with Crippen LogP contribution in [-0.2, 0) is 13.0 Å². The number of hydrogen-bond donors (Lipinski definition) is 3. The summed E-state index contributed by atoms with van der Waals surface area (Å²) < 4.78 is 29.8. The number of H-pyrrole nitrogens is 1. The van der Waals surface area contributed by atoms with E-state index in [1.54, 1.807) is 40.5 Å². The average Bonchev–Trinajstić information content (AvgIpc) is 3.17. The van der Waals surface area contributed by atoms with Crippen molar-refractivity contribution in [3.63, 3.8) is 0 Å². The minimum Gasteiger partial charge on any atom is -0.493 e. The van der Waals surface area contributed by atoms with Crippen LogP contribution in [0.25, 0.3) is 10.9 Å². The van der Waals surface area contributed by atoms with Gasteiger partial charge in [-0.05, 0) is 42.3 Å². The molecule has 1 aromatic heterocycles. The van der Waals surface area contributed by atoms with E-state index in [4.69, 9.17) is 14.2 Å². The average molecular weight is 414 g/mol.